The highest BCUT2D eigenvalue weighted by Crippen LogP contribution is 2.58. The van der Waals surface area contributed by atoms with Gasteiger partial charge in [-0.3, -0.25) is 4.79 Å². The summed E-state index contributed by atoms with van der Waals surface area (Å²) < 4.78 is 19.8. The van der Waals surface area contributed by atoms with Crippen molar-refractivity contribution in [2.75, 3.05) is 6.61 Å². The molecule has 2 unspecified atom stereocenters. The quantitative estimate of drug-likeness (QED) is 0.522. The van der Waals surface area contributed by atoms with E-state index in [2.05, 4.69) is 6.07 Å². The van der Waals surface area contributed by atoms with Crippen molar-refractivity contribution in [3.8, 4) is 6.07 Å². The van der Waals surface area contributed by atoms with Gasteiger partial charge in [0.2, 0.25) is 0 Å². The average Bonchev–Trinajstić information content (AvgIpc) is 3.36. The number of hydrogen-bond donors (Lipinski definition) is 0. The molecule has 1 aliphatic carbocycles. The van der Waals surface area contributed by atoms with E-state index in [0.29, 0.717) is 28.0 Å². The lowest BCUT2D eigenvalue weighted by Crippen LogP contribution is -2.12. The molecule has 1 saturated carbocycles. The standard InChI is InChI=1S/C24H17ClFNO3/c1-2-9-30-23(29)15-6-3-7-16(10-15)24(13-27)21(22(24)28)18-12-17(25)11-14-5-4-8-19(26)20(14)18/h3-8,10-12,21H,2,9H2,1H3. The summed E-state index contributed by atoms with van der Waals surface area (Å²) in [7, 11) is 0. The number of ketones is 1. The third-order valence-electron chi connectivity index (χ3n) is 5.40. The Labute approximate surface area is 177 Å². The Hall–Kier alpha value is -3.23. The summed E-state index contributed by atoms with van der Waals surface area (Å²) in [6.07, 6.45) is 0.682. The molecule has 0 saturated heterocycles. The Morgan fingerprint density at radius 1 is 1.23 bits per heavy atom. The molecule has 2 atom stereocenters. The van der Waals surface area contributed by atoms with Crippen LogP contribution in [-0.2, 0) is 14.9 Å². The van der Waals surface area contributed by atoms with Gasteiger partial charge in [-0.1, -0.05) is 42.8 Å². The first kappa shape index (κ1) is 20.1. The van der Waals surface area contributed by atoms with Crippen molar-refractivity contribution in [2.45, 2.75) is 24.7 Å². The average molecular weight is 422 g/mol. The molecule has 150 valence electrons. The van der Waals surface area contributed by atoms with Crippen molar-refractivity contribution < 1.29 is 18.7 Å². The molecule has 0 radical (unpaired) electrons. The zero-order valence-corrected chi connectivity index (χ0v) is 16.9. The third-order valence-corrected chi connectivity index (χ3v) is 5.62. The SMILES string of the molecule is CCCOC(=O)c1cccc(C2(C#N)C(=O)C2c2cc(Cl)cc3cccc(F)c23)c1. The van der Waals surface area contributed by atoms with Gasteiger partial charge in [-0.05, 0) is 53.3 Å². The topological polar surface area (TPSA) is 67.2 Å². The van der Waals surface area contributed by atoms with E-state index in [9.17, 15) is 19.2 Å². The predicted octanol–water partition coefficient (Wildman–Crippen LogP) is 5.33. The Bertz CT molecular complexity index is 1230. The predicted molar refractivity (Wildman–Crippen MR) is 111 cm³/mol. The van der Waals surface area contributed by atoms with Gasteiger partial charge in [0, 0.05) is 10.4 Å². The second-order valence-electron chi connectivity index (χ2n) is 7.27. The van der Waals surface area contributed by atoms with Crippen LogP contribution in [0.5, 0.6) is 0 Å². The van der Waals surface area contributed by atoms with Gasteiger partial charge in [-0.15, -0.1) is 0 Å². The zero-order valence-electron chi connectivity index (χ0n) is 16.1. The normalized spacial score (nSPS) is 20.1. The maximum atomic E-state index is 14.6. The molecule has 0 spiro atoms. The third kappa shape index (κ3) is 3.05. The number of benzene rings is 3. The van der Waals surface area contributed by atoms with Crippen LogP contribution < -0.4 is 0 Å². The van der Waals surface area contributed by atoms with Gasteiger partial charge in [0.1, 0.15) is 5.82 Å². The van der Waals surface area contributed by atoms with E-state index in [4.69, 9.17) is 16.3 Å². The molecule has 30 heavy (non-hydrogen) atoms. The molecule has 6 heteroatoms. The molecule has 1 fully saturated rings. The van der Waals surface area contributed by atoms with Crippen LogP contribution >= 0.6 is 11.6 Å². The van der Waals surface area contributed by atoms with Gasteiger partial charge < -0.3 is 4.74 Å². The molecular formula is C24H17ClFNO3. The molecule has 0 amide bonds. The number of carbonyl (C=O) groups excluding carboxylic acids is 2. The minimum absolute atomic E-state index is 0.260. The zero-order chi connectivity index (χ0) is 21.5. The molecule has 0 aromatic heterocycles. The highest BCUT2D eigenvalue weighted by Gasteiger charge is 2.68. The minimum Gasteiger partial charge on any atom is -0.462 e. The molecule has 1 aliphatic rings. The van der Waals surface area contributed by atoms with Gasteiger partial charge in [0.15, 0.2) is 11.2 Å². The van der Waals surface area contributed by atoms with Crippen LogP contribution in [0.1, 0.15) is 40.7 Å². The fourth-order valence-corrected chi connectivity index (χ4v) is 4.18. The first-order valence-corrected chi connectivity index (χ1v) is 9.92. The second-order valence-corrected chi connectivity index (χ2v) is 7.70. The number of Topliss-reactive ketones (excluding diaryl/α,β-unsaturated/α-hetero) is 1. The van der Waals surface area contributed by atoms with E-state index in [-0.39, 0.29) is 23.3 Å². The maximum absolute atomic E-state index is 14.6. The number of carbonyl (C=O) groups is 2. The number of fused-ring (bicyclic) bond motifs is 1. The van der Waals surface area contributed by atoms with E-state index in [0.717, 1.165) is 0 Å². The lowest BCUT2D eigenvalue weighted by Gasteiger charge is -2.12. The van der Waals surface area contributed by atoms with Gasteiger partial charge in [-0.25, -0.2) is 9.18 Å². The van der Waals surface area contributed by atoms with Crippen molar-refractivity contribution in [3.05, 3.63) is 82.1 Å². The summed E-state index contributed by atoms with van der Waals surface area (Å²) in [4.78, 5) is 25.2. The molecule has 0 bridgehead atoms. The number of esters is 1. The minimum atomic E-state index is -1.50. The van der Waals surface area contributed by atoms with Crippen molar-refractivity contribution >= 4 is 34.1 Å². The molecule has 4 rings (SSSR count). The summed E-state index contributed by atoms with van der Waals surface area (Å²) in [5.41, 5.74) is -0.478. The van der Waals surface area contributed by atoms with E-state index in [1.54, 1.807) is 36.4 Å². The Morgan fingerprint density at radius 3 is 2.73 bits per heavy atom. The van der Waals surface area contributed by atoms with Crippen LogP contribution in [0, 0.1) is 17.1 Å². The first-order valence-electron chi connectivity index (χ1n) is 9.55. The molecule has 0 N–H and O–H groups in total. The Morgan fingerprint density at radius 2 is 2.00 bits per heavy atom. The monoisotopic (exact) mass is 421 g/mol. The molecule has 0 aliphatic heterocycles. The number of rotatable bonds is 5. The van der Waals surface area contributed by atoms with Crippen LogP contribution in [0.3, 0.4) is 0 Å². The van der Waals surface area contributed by atoms with Gasteiger partial charge in [-0.2, -0.15) is 5.26 Å². The smallest absolute Gasteiger partial charge is 0.338 e. The van der Waals surface area contributed by atoms with Crippen LogP contribution in [0.4, 0.5) is 4.39 Å². The van der Waals surface area contributed by atoms with Gasteiger partial charge >= 0.3 is 5.97 Å². The number of halogens is 2. The lowest BCUT2D eigenvalue weighted by molar-refractivity contribution is -0.111. The summed E-state index contributed by atoms with van der Waals surface area (Å²) in [5, 5.41) is 11.2. The van der Waals surface area contributed by atoms with Crippen molar-refractivity contribution in [1.29, 1.82) is 5.26 Å². The maximum Gasteiger partial charge on any atom is 0.338 e. The summed E-state index contributed by atoms with van der Waals surface area (Å²) in [6, 6.07) is 16.2. The van der Waals surface area contributed by atoms with Gasteiger partial charge in [0.05, 0.1) is 24.2 Å². The van der Waals surface area contributed by atoms with E-state index < -0.39 is 23.1 Å². The summed E-state index contributed by atoms with van der Waals surface area (Å²) in [6.45, 7) is 2.16. The Balaban J connectivity index is 1.82. The number of nitrogens with zero attached hydrogens (tertiary/aromatic N) is 1. The summed E-state index contributed by atoms with van der Waals surface area (Å²) in [5.74, 6) is -2.23. The van der Waals surface area contributed by atoms with Crippen LogP contribution in [0.15, 0.2) is 54.6 Å². The van der Waals surface area contributed by atoms with Crippen molar-refractivity contribution in [2.24, 2.45) is 0 Å². The molecule has 3 aromatic carbocycles. The fraction of sp³-hybridized carbons (Fsp3) is 0.208. The van der Waals surface area contributed by atoms with Crippen LogP contribution in [0.2, 0.25) is 5.02 Å². The summed E-state index contributed by atoms with van der Waals surface area (Å²) >= 11 is 6.22. The number of hydrogen-bond acceptors (Lipinski definition) is 4. The molecule has 4 nitrogen and oxygen atoms in total. The van der Waals surface area contributed by atoms with Crippen LogP contribution in [0.25, 0.3) is 10.8 Å². The number of nitriles is 1. The lowest BCUT2D eigenvalue weighted by atomic mass is 9.89. The molecule has 0 heterocycles. The Kier molecular flexibility index (Phi) is 5.05. The van der Waals surface area contributed by atoms with Crippen LogP contribution in [-0.4, -0.2) is 18.4 Å². The molecule has 3 aromatic rings. The molecular weight excluding hydrogens is 405 g/mol. The fourth-order valence-electron chi connectivity index (χ4n) is 3.95. The van der Waals surface area contributed by atoms with Crippen molar-refractivity contribution in [1.82, 2.24) is 0 Å². The van der Waals surface area contributed by atoms with Crippen molar-refractivity contribution in [3.63, 3.8) is 0 Å². The van der Waals surface area contributed by atoms with E-state index >= 15 is 0 Å². The largest absolute Gasteiger partial charge is 0.462 e. The number of ether oxygens (including phenoxy) is 1. The second kappa shape index (κ2) is 7.55. The van der Waals surface area contributed by atoms with Gasteiger partial charge in [0.25, 0.3) is 0 Å². The van der Waals surface area contributed by atoms with E-state index in [1.165, 1.54) is 18.2 Å². The first-order chi connectivity index (χ1) is 14.4. The van der Waals surface area contributed by atoms with E-state index in [1.807, 2.05) is 6.92 Å². The highest BCUT2D eigenvalue weighted by molar-refractivity contribution is 6.32. The highest BCUT2D eigenvalue weighted by atomic mass is 35.5.